The summed E-state index contributed by atoms with van der Waals surface area (Å²) in [5, 5.41) is 0. The predicted molar refractivity (Wildman–Crippen MR) is 88.5 cm³/mol. The average molecular weight is 314 g/mol. The molecule has 0 aromatic carbocycles. The average Bonchev–Trinajstić information content (AvgIpc) is 2.54. The van der Waals surface area contributed by atoms with E-state index in [0.717, 1.165) is 18.4 Å². The highest BCUT2D eigenvalue weighted by Crippen LogP contribution is 2.23. The highest BCUT2D eigenvalue weighted by molar-refractivity contribution is 5.94. The number of nitrogens with zero attached hydrogens (tertiary/aromatic N) is 3. The van der Waals surface area contributed by atoms with Crippen LogP contribution in [0.5, 0.6) is 0 Å². The first-order valence-electron chi connectivity index (χ1n) is 8.00. The second kappa shape index (κ2) is 6.12. The van der Waals surface area contributed by atoms with Gasteiger partial charge >= 0.3 is 0 Å². The normalized spacial score (nSPS) is 21.6. The number of rotatable bonds is 2. The third-order valence-corrected chi connectivity index (χ3v) is 4.61. The van der Waals surface area contributed by atoms with Gasteiger partial charge in [-0.25, -0.2) is 4.98 Å². The molecule has 1 amide bonds. The van der Waals surface area contributed by atoms with Gasteiger partial charge in [0.05, 0.1) is 0 Å². The largest absolute Gasteiger partial charge is 0.334 e. The molecule has 2 aromatic heterocycles. The maximum atomic E-state index is 12.8. The number of carbonyl (C=O) groups is 1. The van der Waals surface area contributed by atoms with Crippen molar-refractivity contribution in [3.05, 3.63) is 46.0 Å². The Hall–Kier alpha value is -2.21. The maximum Gasteiger partial charge on any atom is 0.270 e. The summed E-state index contributed by atoms with van der Waals surface area (Å²) in [4.78, 5) is 31.5. The number of fused-ring (bicyclic) bond motifs is 1. The number of aromatic nitrogens is 2. The Morgan fingerprint density at radius 1 is 1.48 bits per heavy atom. The quantitative estimate of drug-likeness (QED) is 0.903. The SMILES string of the molecule is Cc1ccn2c(=O)c(C(=O)N3CCC(C)CC3CN)cnc2c1. The maximum absolute atomic E-state index is 12.8. The van der Waals surface area contributed by atoms with Gasteiger partial charge in [0, 0.05) is 31.5 Å². The van der Waals surface area contributed by atoms with E-state index >= 15 is 0 Å². The summed E-state index contributed by atoms with van der Waals surface area (Å²) in [5.74, 6) is 0.284. The zero-order valence-electron chi connectivity index (χ0n) is 13.5. The van der Waals surface area contributed by atoms with Gasteiger partial charge in [0.15, 0.2) is 0 Å². The van der Waals surface area contributed by atoms with E-state index < -0.39 is 0 Å². The van der Waals surface area contributed by atoms with E-state index in [1.807, 2.05) is 19.1 Å². The minimum absolute atomic E-state index is 0.00985. The number of hydrogen-bond donors (Lipinski definition) is 1. The van der Waals surface area contributed by atoms with Gasteiger partial charge in [0.1, 0.15) is 11.2 Å². The minimum Gasteiger partial charge on any atom is -0.334 e. The lowest BCUT2D eigenvalue weighted by molar-refractivity contribution is 0.0571. The van der Waals surface area contributed by atoms with Crippen LogP contribution < -0.4 is 11.3 Å². The molecule has 0 bridgehead atoms. The fourth-order valence-electron chi connectivity index (χ4n) is 3.22. The molecule has 0 spiro atoms. The van der Waals surface area contributed by atoms with E-state index in [-0.39, 0.29) is 23.1 Å². The molecule has 3 rings (SSSR count). The minimum atomic E-state index is -0.325. The molecule has 0 saturated carbocycles. The van der Waals surface area contributed by atoms with Gasteiger partial charge in [-0.05, 0) is 43.4 Å². The predicted octanol–water partition coefficient (Wildman–Crippen LogP) is 1.20. The molecule has 2 N–H and O–H groups in total. The number of pyridine rings is 1. The number of amides is 1. The first-order valence-corrected chi connectivity index (χ1v) is 8.00. The highest BCUT2D eigenvalue weighted by Gasteiger charge is 2.31. The molecule has 1 aliphatic rings. The molecule has 6 nitrogen and oxygen atoms in total. The zero-order valence-corrected chi connectivity index (χ0v) is 13.5. The molecule has 2 unspecified atom stereocenters. The molecule has 0 aliphatic carbocycles. The van der Waals surface area contributed by atoms with Crippen molar-refractivity contribution in [1.82, 2.24) is 14.3 Å². The summed E-state index contributed by atoms with van der Waals surface area (Å²) in [5.41, 5.74) is 7.18. The Balaban J connectivity index is 1.99. The van der Waals surface area contributed by atoms with Gasteiger partial charge in [-0.1, -0.05) is 6.92 Å². The van der Waals surface area contributed by atoms with E-state index in [2.05, 4.69) is 11.9 Å². The molecule has 2 aromatic rings. The summed E-state index contributed by atoms with van der Waals surface area (Å²) in [7, 11) is 0. The number of nitrogens with two attached hydrogens (primary N) is 1. The van der Waals surface area contributed by atoms with Crippen LogP contribution in [-0.4, -0.2) is 39.3 Å². The summed E-state index contributed by atoms with van der Waals surface area (Å²) < 4.78 is 1.42. The second-order valence-corrected chi connectivity index (χ2v) is 6.43. The number of aryl methyl sites for hydroxylation is 1. The van der Waals surface area contributed by atoms with Crippen LogP contribution in [0.3, 0.4) is 0 Å². The fourth-order valence-corrected chi connectivity index (χ4v) is 3.22. The van der Waals surface area contributed by atoms with Crippen LogP contribution in [0.1, 0.15) is 35.7 Å². The zero-order chi connectivity index (χ0) is 16.6. The molecule has 1 saturated heterocycles. The van der Waals surface area contributed by atoms with E-state index in [0.29, 0.717) is 24.7 Å². The van der Waals surface area contributed by atoms with Crippen LogP contribution >= 0.6 is 0 Å². The lowest BCUT2D eigenvalue weighted by atomic mass is 9.92. The van der Waals surface area contributed by atoms with Crippen LogP contribution in [0.4, 0.5) is 0 Å². The van der Waals surface area contributed by atoms with E-state index in [1.165, 1.54) is 10.6 Å². The van der Waals surface area contributed by atoms with E-state index in [4.69, 9.17) is 5.73 Å². The molecule has 1 fully saturated rings. The van der Waals surface area contributed by atoms with Crippen molar-refractivity contribution in [1.29, 1.82) is 0 Å². The van der Waals surface area contributed by atoms with Crippen LogP contribution in [0.25, 0.3) is 5.65 Å². The lowest BCUT2D eigenvalue weighted by Gasteiger charge is -2.37. The molecule has 0 radical (unpaired) electrons. The number of hydrogen-bond acceptors (Lipinski definition) is 4. The Bertz CT molecular complexity index is 799. The first kappa shape index (κ1) is 15.7. The summed E-state index contributed by atoms with van der Waals surface area (Å²) in [6.45, 7) is 5.15. The van der Waals surface area contributed by atoms with Crippen molar-refractivity contribution in [2.24, 2.45) is 11.7 Å². The molecular weight excluding hydrogens is 292 g/mol. The third kappa shape index (κ3) is 2.86. The van der Waals surface area contributed by atoms with Crippen LogP contribution in [0.2, 0.25) is 0 Å². The Morgan fingerprint density at radius 2 is 2.26 bits per heavy atom. The van der Waals surface area contributed by atoms with Gasteiger partial charge in [-0.3, -0.25) is 14.0 Å². The molecular formula is C17H22N4O2. The van der Waals surface area contributed by atoms with Crippen molar-refractivity contribution in [2.75, 3.05) is 13.1 Å². The Kier molecular flexibility index (Phi) is 4.17. The van der Waals surface area contributed by atoms with Crippen LogP contribution in [-0.2, 0) is 0 Å². The summed E-state index contributed by atoms with van der Waals surface area (Å²) >= 11 is 0. The molecule has 1 aliphatic heterocycles. The molecule has 23 heavy (non-hydrogen) atoms. The lowest BCUT2D eigenvalue weighted by Crippen LogP contribution is -2.50. The smallest absolute Gasteiger partial charge is 0.270 e. The molecule has 6 heteroatoms. The van der Waals surface area contributed by atoms with E-state index in [1.54, 1.807) is 11.1 Å². The fraction of sp³-hybridized carbons (Fsp3) is 0.471. The molecule has 3 heterocycles. The third-order valence-electron chi connectivity index (χ3n) is 4.61. The van der Waals surface area contributed by atoms with Gasteiger partial charge in [-0.15, -0.1) is 0 Å². The summed E-state index contributed by atoms with van der Waals surface area (Å²) in [6, 6.07) is 3.64. The highest BCUT2D eigenvalue weighted by atomic mass is 16.2. The first-order chi connectivity index (χ1) is 11.0. The van der Waals surface area contributed by atoms with Crippen molar-refractivity contribution in [3.63, 3.8) is 0 Å². The van der Waals surface area contributed by atoms with Gasteiger partial charge in [0.25, 0.3) is 11.5 Å². The number of piperidine rings is 1. The summed E-state index contributed by atoms with van der Waals surface area (Å²) in [6.07, 6.45) is 4.87. The number of likely N-dealkylation sites (tertiary alicyclic amines) is 1. The Labute approximate surface area is 134 Å². The van der Waals surface area contributed by atoms with Gasteiger partial charge < -0.3 is 10.6 Å². The number of carbonyl (C=O) groups excluding carboxylic acids is 1. The van der Waals surface area contributed by atoms with Crippen molar-refractivity contribution < 1.29 is 4.79 Å². The van der Waals surface area contributed by atoms with Crippen molar-refractivity contribution in [2.45, 2.75) is 32.7 Å². The molecule has 2 atom stereocenters. The standard InChI is InChI=1S/C17H22N4O2/c1-11-3-5-20(13(7-11)9-18)16(22)14-10-19-15-8-12(2)4-6-21(15)17(14)23/h4,6,8,10-11,13H,3,5,7,9,18H2,1-2H3. The van der Waals surface area contributed by atoms with Gasteiger partial charge in [0.2, 0.25) is 0 Å². The second-order valence-electron chi connectivity index (χ2n) is 6.43. The van der Waals surface area contributed by atoms with E-state index in [9.17, 15) is 9.59 Å². The molecule has 122 valence electrons. The Morgan fingerprint density at radius 3 is 3.00 bits per heavy atom. The van der Waals surface area contributed by atoms with Crippen molar-refractivity contribution >= 4 is 11.6 Å². The van der Waals surface area contributed by atoms with Crippen LogP contribution in [0, 0.1) is 12.8 Å². The van der Waals surface area contributed by atoms with Gasteiger partial charge in [-0.2, -0.15) is 0 Å². The monoisotopic (exact) mass is 314 g/mol. The van der Waals surface area contributed by atoms with Crippen molar-refractivity contribution in [3.8, 4) is 0 Å². The van der Waals surface area contributed by atoms with Crippen LogP contribution in [0.15, 0.2) is 29.3 Å². The topological polar surface area (TPSA) is 80.7 Å².